The predicted octanol–water partition coefficient (Wildman–Crippen LogP) is 0.121. The fourth-order valence-corrected chi connectivity index (χ4v) is 1.84. The molecule has 0 bridgehead atoms. The Morgan fingerprint density at radius 2 is 1.94 bits per heavy atom. The van der Waals surface area contributed by atoms with Crippen LogP contribution in [0, 0.1) is 0 Å². The molecule has 92 valence electrons. The fourth-order valence-electron chi connectivity index (χ4n) is 1.84. The molecule has 0 spiro atoms. The molecule has 0 saturated carbocycles. The van der Waals surface area contributed by atoms with E-state index in [0.29, 0.717) is 5.57 Å². The molecule has 0 aromatic rings. The lowest BCUT2D eigenvalue weighted by molar-refractivity contribution is -0.0178. The first-order valence-electron chi connectivity index (χ1n) is 5.61. The van der Waals surface area contributed by atoms with Crippen molar-refractivity contribution in [3.63, 3.8) is 0 Å². The molecule has 0 aromatic carbocycles. The summed E-state index contributed by atoms with van der Waals surface area (Å²) >= 11 is 0. The van der Waals surface area contributed by atoms with Crippen molar-refractivity contribution in [2.24, 2.45) is 0 Å². The van der Waals surface area contributed by atoms with Crippen LogP contribution in [0.1, 0.15) is 25.7 Å². The van der Waals surface area contributed by atoms with Gasteiger partial charge in [-0.1, -0.05) is 6.08 Å². The van der Waals surface area contributed by atoms with Gasteiger partial charge < -0.3 is 20.4 Å². The number of hydrogen-bond acceptors (Lipinski definition) is 4. The highest BCUT2D eigenvalue weighted by Crippen LogP contribution is 2.25. The molecule has 0 atom stereocenters. The van der Waals surface area contributed by atoms with E-state index in [2.05, 4.69) is 0 Å². The molecule has 0 fully saturated rings. The largest absolute Gasteiger partial charge is 0.393 e. The zero-order valence-electron chi connectivity index (χ0n) is 9.39. The number of aliphatic hydroxyl groups excluding tert-OH is 3. The summed E-state index contributed by atoms with van der Waals surface area (Å²) in [5.41, 5.74) is -0.0320. The molecule has 0 saturated heterocycles. The molecular formula is C12H20O4. The number of rotatable bonds is 5. The Kier molecular flexibility index (Phi) is 5.15. The Bertz CT molecular complexity index is 277. The highest BCUT2D eigenvalue weighted by molar-refractivity contribution is 5.34. The lowest BCUT2D eigenvalue weighted by Gasteiger charge is -2.22. The Morgan fingerprint density at radius 3 is 2.38 bits per heavy atom. The maximum atomic E-state index is 9.75. The maximum Gasteiger partial charge on any atom is 0.129 e. The quantitative estimate of drug-likeness (QED) is 0.539. The molecule has 16 heavy (non-hydrogen) atoms. The van der Waals surface area contributed by atoms with Gasteiger partial charge in [0.25, 0.3) is 0 Å². The van der Waals surface area contributed by atoms with Gasteiger partial charge in [0, 0.05) is 0 Å². The van der Waals surface area contributed by atoms with E-state index in [9.17, 15) is 10.2 Å². The minimum Gasteiger partial charge on any atom is -0.393 e. The third-order valence-corrected chi connectivity index (χ3v) is 2.86. The molecule has 1 aliphatic carbocycles. The van der Waals surface area contributed by atoms with Crippen molar-refractivity contribution < 1.29 is 20.4 Å². The van der Waals surface area contributed by atoms with E-state index in [4.69, 9.17) is 10.2 Å². The van der Waals surface area contributed by atoms with Crippen molar-refractivity contribution in [2.75, 3.05) is 19.8 Å². The van der Waals surface area contributed by atoms with Gasteiger partial charge in [-0.25, -0.2) is 0 Å². The fraction of sp³-hybridized carbons (Fsp3) is 0.667. The summed E-state index contributed by atoms with van der Waals surface area (Å²) in [5.74, 6) is 0. The zero-order chi connectivity index (χ0) is 12.0. The van der Waals surface area contributed by atoms with E-state index < -0.39 is 18.8 Å². The van der Waals surface area contributed by atoms with E-state index in [-0.39, 0.29) is 6.61 Å². The first-order chi connectivity index (χ1) is 7.65. The highest BCUT2D eigenvalue weighted by Gasteiger charge is 2.23. The van der Waals surface area contributed by atoms with Gasteiger partial charge in [-0.2, -0.15) is 0 Å². The molecule has 1 aliphatic rings. The van der Waals surface area contributed by atoms with Crippen LogP contribution in [-0.4, -0.2) is 45.8 Å². The van der Waals surface area contributed by atoms with Crippen molar-refractivity contribution in [1.29, 1.82) is 0 Å². The zero-order valence-corrected chi connectivity index (χ0v) is 9.39. The maximum absolute atomic E-state index is 9.75. The van der Waals surface area contributed by atoms with E-state index in [0.717, 1.165) is 31.3 Å². The summed E-state index contributed by atoms with van der Waals surface area (Å²) in [4.78, 5) is 0. The van der Waals surface area contributed by atoms with E-state index in [1.165, 1.54) is 6.08 Å². The molecule has 4 heteroatoms. The summed E-state index contributed by atoms with van der Waals surface area (Å²) in [6.45, 7) is -1.30. The van der Waals surface area contributed by atoms with Crippen molar-refractivity contribution in [1.82, 2.24) is 0 Å². The summed E-state index contributed by atoms with van der Waals surface area (Å²) in [5, 5.41) is 36.9. The molecule has 4 N–H and O–H groups in total. The number of aliphatic hydroxyl groups is 4. The van der Waals surface area contributed by atoms with Crippen LogP contribution in [-0.2, 0) is 0 Å². The van der Waals surface area contributed by atoms with Crippen LogP contribution in [0.3, 0.4) is 0 Å². The average Bonchev–Trinajstić information content (AvgIpc) is 2.36. The SMILES string of the molecule is OCC(=CC(O)(CO)CO)C1=CCCCC1. The molecule has 0 aliphatic heterocycles. The lowest BCUT2D eigenvalue weighted by Crippen LogP contribution is -2.35. The van der Waals surface area contributed by atoms with Gasteiger partial charge in [0.05, 0.1) is 19.8 Å². The Morgan fingerprint density at radius 1 is 1.25 bits per heavy atom. The molecule has 0 heterocycles. The van der Waals surface area contributed by atoms with Crippen LogP contribution in [0.4, 0.5) is 0 Å². The van der Waals surface area contributed by atoms with Crippen LogP contribution in [0.5, 0.6) is 0 Å². The second kappa shape index (κ2) is 6.15. The Labute approximate surface area is 95.5 Å². The molecule has 0 unspecified atom stereocenters. The van der Waals surface area contributed by atoms with Gasteiger partial charge >= 0.3 is 0 Å². The molecule has 0 amide bonds. The predicted molar refractivity (Wildman–Crippen MR) is 60.8 cm³/mol. The average molecular weight is 228 g/mol. The van der Waals surface area contributed by atoms with Crippen LogP contribution in [0.15, 0.2) is 23.3 Å². The highest BCUT2D eigenvalue weighted by atomic mass is 16.4. The van der Waals surface area contributed by atoms with Gasteiger partial charge in [-0.05, 0) is 42.9 Å². The second-order valence-electron chi connectivity index (χ2n) is 4.22. The third kappa shape index (κ3) is 3.42. The van der Waals surface area contributed by atoms with Crippen molar-refractivity contribution in [3.8, 4) is 0 Å². The number of hydrogen-bond donors (Lipinski definition) is 4. The second-order valence-corrected chi connectivity index (χ2v) is 4.22. The topological polar surface area (TPSA) is 80.9 Å². The third-order valence-electron chi connectivity index (χ3n) is 2.86. The van der Waals surface area contributed by atoms with Crippen LogP contribution in [0.25, 0.3) is 0 Å². The standard InChI is InChI=1S/C12H20O4/c13-7-11(6-12(16,8-14)9-15)10-4-2-1-3-5-10/h4,6,13-16H,1-3,5,7-9H2. The van der Waals surface area contributed by atoms with Crippen LogP contribution >= 0.6 is 0 Å². The van der Waals surface area contributed by atoms with Gasteiger partial charge in [-0.15, -0.1) is 0 Å². The van der Waals surface area contributed by atoms with Crippen molar-refractivity contribution in [3.05, 3.63) is 23.3 Å². The van der Waals surface area contributed by atoms with Gasteiger partial charge in [0.1, 0.15) is 5.60 Å². The summed E-state index contributed by atoms with van der Waals surface area (Å²) < 4.78 is 0. The van der Waals surface area contributed by atoms with Gasteiger partial charge in [0.15, 0.2) is 0 Å². The summed E-state index contributed by atoms with van der Waals surface area (Å²) in [6, 6.07) is 0. The van der Waals surface area contributed by atoms with E-state index in [1.807, 2.05) is 6.08 Å². The first-order valence-corrected chi connectivity index (χ1v) is 5.61. The molecule has 0 aromatic heterocycles. The van der Waals surface area contributed by atoms with Crippen molar-refractivity contribution >= 4 is 0 Å². The molecule has 4 nitrogen and oxygen atoms in total. The first kappa shape index (κ1) is 13.4. The molecule has 0 radical (unpaired) electrons. The Hall–Kier alpha value is -0.680. The van der Waals surface area contributed by atoms with Gasteiger partial charge in [-0.3, -0.25) is 0 Å². The van der Waals surface area contributed by atoms with E-state index >= 15 is 0 Å². The number of allylic oxidation sites excluding steroid dienone is 1. The summed E-state index contributed by atoms with van der Waals surface area (Å²) in [6.07, 6.45) is 7.47. The van der Waals surface area contributed by atoms with E-state index in [1.54, 1.807) is 0 Å². The Balaban J connectivity index is 2.87. The molecular weight excluding hydrogens is 208 g/mol. The van der Waals surface area contributed by atoms with Crippen LogP contribution in [0.2, 0.25) is 0 Å². The van der Waals surface area contributed by atoms with Crippen LogP contribution < -0.4 is 0 Å². The van der Waals surface area contributed by atoms with Crippen molar-refractivity contribution in [2.45, 2.75) is 31.3 Å². The monoisotopic (exact) mass is 228 g/mol. The molecule has 1 rings (SSSR count). The minimum absolute atomic E-state index is 0.186. The normalized spacial score (nSPS) is 18.5. The minimum atomic E-state index is -1.64. The van der Waals surface area contributed by atoms with Gasteiger partial charge in [0.2, 0.25) is 0 Å². The summed E-state index contributed by atoms with van der Waals surface area (Å²) in [7, 11) is 0. The smallest absolute Gasteiger partial charge is 0.129 e. The lowest BCUT2D eigenvalue weighted by atomic mass is 9.90.